The second-order valence-electron chi connectivity index (χ2n) is 7.62. The number of para-hydroxylation sites is 2. The summed E-state index contributed by atoms with van der Waals surface area (Å²) in [4.78, 5) is 32.0. The van der Waals surface area contributed by atoms with Gasteiger partial charge in [-0.1, -0.05) is 24.3 Å². The zero-order valence-electron chi connectivity index (χ0n) is 17.3. The summed E-state index contributed by atoms with van der Waals surface area (Å²) in [6.07, 6.45) is 1.40. The van der Waals surface area contributed by atoms with Gasteiger partial charge in [-0.25, -0.2) is 4.98 Å². The number of hydrogen-bond acceptors (Lipinski definition) is 5. The minimum atomic E-state index is -0.101. The summed E-state index contributed by atoms with van der Waals surface area (Å²) in [5.74, 6) is 1.27. The van der Waals surface area contributed by atoms with Gasteiger partial charge in [-0.15, -0.1) is 0 Å². The van der Waals surface area contributed by atoms with Gasteiger partial charge in [0, 0.05) is 32.6 Å². The summed E-state index contributed by atoms with van der Waals surface area (Å²) < 4.78 is 6.80. The Bertz CT molecular complexity index is 1100. The Kier molecular flexibility index (Phi) is 5.70. The number of piperidine rings is 1. The molecule has 0 unspecified atom stereocenters. The third kappa shape index (κ3) is 4.01. The highest BCUT2D eigenvalue weighted by Crippen LogP contribution is 2.22. The highest BCUT2D eigenvalue weighted by molar-refractivity contribution is 5.79. The third-order valence-electron chi connectivity index (χ3n) is 5.76. The lowest BCUT2D eigenvalue weighted by Gasteiger charge is -2.32. The monoisotopic (exact) mass is 406 g/mol. The Labute approximate surface area is 175 Å². The molecule has 2 heterocycles. The first-order valence-corrected chi connectivity index (χ1v) is 10.2. The van der Waals surface area contributed by atoms with Crippen molar-refractivity contribution in [1.29, 1.82) is 0 Å². The van der Waals surface area contributed by atoms with Crippen LogP contribution in [-0.2, 0) is 18.4 Å². The summed E-state index contributed by atoms with van der Waals surface area (Å²) >= 11 is 0. The van der Waals surface area contributed by atoms with Gasteiger partial charge < -0.3 is 19.5 Å². The topological polar surface area (TPSA) is 76.5 Å². The first-order chi connectivity index (χ1) is 14.6. The molecule has 1 aromatic heterocycles. The standard InChI is InChI=1S/C23H26N4O3/c1-26-20-6-4-3-5-19(20)25-21(23(26)29)27-13-11-17(12-14-27)22(28)24-15-16-7-9-18(30-2)10-8-16/h3-10,17H,11-15H2,1-2H3,(H,24,28). The molecule has 1 saturated heterocycles. The summed E-state index contributed by atoms with van der Waals surface area (Å²) in [6, 6.07) is 15.3. The van der Waals surface area contributed by atoms with Crippen LogP contribution in [0.3, 0.4) is 0 Å². The number of benzene rings is 2. The SMILES string of the molecule is COc1ccc(CNC(=O)C2CCN(c3nc4ccccc4n(C)c3=O)CC2)cc1. The van der Waals surface area contributed by atoms with Gasteiger partial charge in [0.2, 0.25) is 5.91 Å². The molecule has 1 fully saturated rings. The van der Waals surface area contributed by atoms with Crippen molar-refractivity contribution in [3.05, 3.63) is 64.4 Å². The van der Waals surface area contributed by atoms with Crippen LogP contribution in [0.25, 0.3) is 11.0 Å². The maximum atomic E-state index is 12.8. The fourth-order valence-electron chi connectivity index (χ4n) is 3.90. The Hall–Kier alpha value is -3.35. The van der Waals surface area contributed by atoms with Crippen molar-refractivity contribution in [3.8, 4) is 5.75 Å². The average Bonchev–Trinajstić information content (AvgIpc) is 2.80. The van der Waals surface area contributed by atoms with Gasteiger partial charge in [0.25, 0.3) is 5.56 Å². The maximum absolute atomic E-state index is 12.8. The molecule has 3 aromatic rings. The van der Waals surface area contributed by atoms with Crippen LogP contribution in [0, 0.1) is 5.92 Å². The van der Waals surface area contributed by atoms with Crippen LogP contribution in [0.2, 0.25) is 0 Å². The van der Waals surface area contributed by atoms with Crippen molar-refractivity contribution in [2.45, 2.75) is 19.4 Å². The van der Waals surface area contributed by atoms with E-state index in [9.17, 15) is 9.59 Å². The number of ether oxygens (including phenoxy) is 1. The van der Waals surface area contributed by atoms with E-state index in [4.69, 9.17) is 4.74 Å². The Morgan fingerprint density at radius 2 is 1.83 bits per heavy atom. The number of aryl methyl sites for hydroxylation is 1. The molecule has 0 spiro atoms. The van der Waals surface area contributed by atoms with Crippen molar-refractivity contribution in [2.75, 3.05) is 25.1 Å². The van der Waals surface area contributed by atoms with E-state index in [0.717, 1.165) is 22.3 Å². The number of rotatable bonds is 5. The number of nitrogens with one attached hydrogen (secondary N) is 1. The van der Waals surface area contributed by atoms with Crippen molar-refractivity contribution >= 4 is 22.8 Å². The maximum Gasteiger partial charge on any atom is 0.293 e. The highest BCUT2D eigenvalue weighted by Gasteiger charge is 2.27. The van der Waals surface area contributed by atoms with Crippen LogP contribution in [0.1, 0.15) is 18.4 Å². The Morgan fingerprint density at radius 3 is 2.53 bits per heavy atom. The van der Waals surface area contributed by atoms with Gasteiger partial charge in [0.1, 0.15) is 5.75 Å². The minimum absolute atomic E-state index is 0.0520. The number of amides is 1. The van der Waals surface area contributed by atoms with E-state index in [1.54, 1.807) is 18.7 Å². The van der Waals surface area contributed by atoms with Gasteiger partial charge in [-0.2, -0.15) is 0 Å². The number of hydrogen-bond donors (Lipinski definition) is 1. The number of anilines is 1. The Balaban J connectivity index is 1.37. The van der Waals surface area contributed by atoms with Gasteiger partial charge in [-0.05, 0) is 42.7 Å². The molecule has 7 heteroatoms. The molecular formula is C23H26N4O3. The van der Waals surface area contributed by atoms with Crippen LogP contribution in [-0.4, -0.2) is 35.7 Å². The lowest BCUT2D eigenvalue weighted by molar-refractivity contribution is -0.125. The molecule has 0 saturated carbocycles. The molecule has 1 aliphatic heterocycles. The highest BCUT2D eigenvalue weighted by atomic mass is 16.5. The zero-order valence-corrected chi connectivity index (χ0v) is 17.3. The average molecular weight is 406 g/mol. The van der Waals surface area contributed by atoms with E-state index in [0.29, 0.717) is 38.3 Å². The molecule has 1 amide bonds. The number of aromatic nitrogens is 2. The molecule has 156 valence electrons. The molecular weight excluding hydrogens is 380 g/mol. The molecule has 1 N–H and O–H groups in total. The third-order valence-corrected chi connectivity index (χ3v) is 5.76. The van der Waals surface area contributed by atoms with Crippen molar-refractivity contribution in [3.63, 3.8) is 0 Å². The predicted octanol–water partition coefficient (Wildman–Crippen LogP) is 2.47. The number of fused-ring (bicyclic) bond motifs is 1. The fraction of sp³-hybridized carbons (Fsp3) is 0.348. The van der Waals surface area contributed by atoms with Crippen LogP contribution in [0.5, 0.6) is 5.75 Å². The molecule has 7 nitrogen and oxygen atoms in total. The fourth-order valence-corrected chi connectivity index (χ4v) is 3.90. The smallest absolute Gasteiger partial charge is 0.293 e. The summed E-state index contributed by atoms with van der Waals surface area (Å²) in [7, 11) is 3.40. The van der Waals surface area contributed by atoms with Gasteiger partial charge in [-0.3, -0.25) is 9.59 Å². The van der Waals surface area contributed by atoms with Gasteiger partial charge in [0.15, 0.2) is 5.82 Å². The van der Waals surface area contributed by atoms with E-state index in [2.05, 4.69) is 10.3 Å². The van der Waals surface area contributed by atoms with E-state index in [-0.39, 0.29) is 17.4 Å². The van der Waals surface area contributed by atoms with Crippen molar-refractivity contribution in [1.82, 2.24) is 14.9 Å². The second-order valence-corrected chi connectivity index (χ2v) is 7.62. The lowest BCUT2D eigenvalue weighted by atomic mass is 9.96. The number of carbonyl (C=O) groups is 1. The quantitative estimate of drug-likeness (QED) is 0.705. The normalized spacial score (nSPS) is 14.7. The van der Waals surface area contributed by atoms with E-state index >= 15 is 0 Å². The molecule has 4 rings (SSSR count). The van der Waals surface area contributed by atoms with Crippen molar-refractivity contribution in [2.24, 2.45) is 13.0 Å². The first kappa shape index (κ1) is 19.9. The van der Waals surface area contributed by atoms with Crippen LogP contribution < -0.4 is 20.5 Å². The van der Waals surface area contributed by atoms with E-state index in [1.165, 1.54) is 0 Å². The molecule has 30 heavy (non-hydrogen) atoms. The number of carbonyl (C=O) groups excluding carboxylic acids is 1. The predicted molar refractivity (Wildman–Crippen MR) is 117 cm³/mol. The molecule has 0 radical (unpaired) electrons. The molecule has 0 aliphatic carbocycles. The van der Waals surface area contributed by atoms with E-state index < -0.39 is 0 Å². The molecule has 2 aromatic carbocycles. The largest absolute Gasteiger partial charge is 0.497 e. The zero-order chi connectivity index (χ0) is 21.1. The van der Waals surface area contributed by atoms with Crippen LogP contribution >= 0.6 is 0 Å². The van der Waals surface area contributed by atoms with Gasteiger partial charge in [0.05, 0.1) is 18.1 Å². The number of nitrogens with zero attached hydrogens (tertiary/aromatic N) is 3. The summed E-state index contributed by atoms with van der Waals surface area (Å²) in [6.45, 7) is 1.78. The molecule has 0 atom stereocenters. The molecule has 0 bridgehead atoms. The first-order valence-electron chi connectivity index (χ1n) is 10.2. The molecule has 1 aliphatic rings. The van der Waals surface area contributed by atoms with Gasteiger partial charge >= 0.3 is 0 Å². The van der Waals surface area contributed by atoms with Crippen LogP contribution in [0.4, 0.5) is 5.82 Å². The minimum Gasteiger partial charge on any atom is -0.497 e. The number of methoxy groups -OCH3 is 1. The Morgan fingerprint density at radius 1 is 1.13 bits per heavy atom. The van der Waals surface area contributed by atoms with Crippen molar-refractivity contribution < 1.29 is 9.53 Å². The lowest BCUT2D eigenvalue weighted by Crippen LogP contribution is -2.43. The van der Waals surface area contributed by atoms with E-state index in [1.807, 2.05) is 53.4 Å². The summed E-state index contributed by atoms with van der Waals surface area (Å²) in [5, 5.41) is 3.03. The summed E-state index contributed by atoms with van der Waals surface area (Å²) in [5.41, 5.74) is 2.55. The second kappa shape index (κ2) is 8.57. The van der Waals surface area contributed by atoms with Crippen LogP contribution in [0.15, 0.2) is 53.3 Å².